The van der Waals surface area contributed by atoms with Gasteiger partial charge in [-0.2, -0.15) is 0 Å². The summed E-state index contributed by atoms with van der Waals surface area (Å²) in [6.07, 6.45) is 3.21. The first kappa shape index (κ1) is 17.5. The van der Waals surface area contributed by atoms with Gasteiger partial charge in [0.15, 0.2) is 5.58 Å². The van der Waals surface area contributed by atoms with E-state index >= 15 is 0 Å². The molecule has 1 aliphatic heterocycles. The van der Waals surface area contributed by atoms with E-state index in [0.717, 1.165) is 43.8 Å². The molecular formula is C22H23N3O2. The van der Waals surface area contributed by atoms with E-state index < -0.39 is 0 Å². The minimum Gasteiger partial charge on any atom is -0.437 e. The molecule has 0 bridgehead atoms. The van der Waals surface area contributed by atoms with Crippen molar-refractivity contribution < 1.29 is 9.21 Å². The first-order valence-corrected chi connectivity index (χ1v) is 9.28. The Hall–Kier alpha value is -2.92. The molecule has 1 saturated heterocycles. The normalized spacial score (nSPS) is 15.7. The number of oxazole rings is 1. The number of carbonyl (C=O) groups is 1. The molecule has 5 nitrogen and oxygen atoms in total. The minimum atomic E-state index is 0.00722. The topological polar surface area (TPSA) is 49.6 Å². The molecule has 2 heterocycles. The lowest BCUT2D eigenvalue weighted by Gasteiger charge is -2.34. The summed E-state index contributed by atoms with van der Waals surface area (Å²) in [5, 5.41) is 0. The SMILES string of the molecule is Cc1ccccc1CN1CCN(C(=O)/C=C/c2nc3ccccc3o2)CC1. The number of rotatable bonds is 4. The van der Waals surface area contributed by atoms with Crippen LogP contribution >= 0.6 is 0 Å². The first-order valence-electron chi connectivity index (χ1n) is 9.28. The van der Waals surface area contributed by atoms with Gasteiger partial charge in [-0.25, -0.2) is 4.98 Å². The molecule has 0 unspecified atom stereocenters. The van der Waals surface area contributed by atoms with E-state index in [9.17, 15) is 4.79 Å². The molecule has 2 aromatic carbocycles. The maximum absolute atomic E-state index is 12.5. The third kappa shape index (κ3) is 4.09. The van der Waals surface area contributed by atoms with Crippen molar-refractivity contribution in [3.63, 3.8) is 0 Å². The second-order valence-electron chi connectivity index (χ2n) is 6.88. The fourth-order valence-corrected chi connectivity index (χ4v) is 3.36. The maximum Gasteiger partial charge on any atom is 0.246 e. The Morgan fingerprint density at radius 3 is 2.59 bits per heavy atom. The highest BCUT2D eigenvalue weighted by Gasteiger charge is 2.20. The van der Waals surface area contributed by atoms with Gasteiger partial charge in [0.1, 0.15) is 5.52 Å². The predicted molar refractivity (Wildman–Crippen MR) is 106 cm³/mol. The third-order valence-corrected chi connectivity index (χ3v) is 5.02. The van der Waals surface area contributed by atoms with Gasteiger partial charge in [-0.15, -0.1) is 0 Å². The average molecular weight is 361 g/mol. The molecule has 27 heavy (non-hydrogen) atoms. The van der Waals surface area contributed by atoms with Gasteiger partial charge in [0, 0.05) is 44.9 Å². The number of hydrogen-bond donors (Lipinski definition) is 0. The number of benzene rings is 2. The van der Waals surface area contributed by atoms with Crippen LogP contribution in [0.3, 0.4) is 0 Å². The van der Waals surface area contributed by atoms with Crippen molar-refractivity contribution in [2.45, 2.75) is 13.5 Å². The van der Waals surface area contributed by atoms with Gasteiger partial charge in [-0.1, -0.05) is 36.4 Å². The van der Waals surface area contributed by atoms with Gasteiger partial charge in [0.05, 0.1) is 0 Å². The average Bonchev–Trinajstić information content (AvgIpc) is 3.11. The van der Waals surface area contributed by atoms with E-state index in [2.05, 4.69) is 41.1 Å². The van der Waals surface area contributed by atoms with Crippen molar-refractivity contribution in [3.05, 3.63) is 71.6 Å². The van der Waals surface area contributed by atoms with Crippen LogP contribution in [0.25, 0.3) is 17.2 Å². The fourth-order valence-electron chi connectivity index (χ4n) is 3.36. The second kappa shape index (κ2) is 7.76. The quantitative estimate of drug-likeness (QED) is 0.668. The van der Waals surface area contributed by atoms with Gasteiger partial charge in [0.2, 0.25) is 11.8 Å². The highest BCUT2D eigenvalue weighted by molar-refractivity contribution is 5.91. The number of para-hydroxylation sites is 2. The summed E-state index contributed by atoms with van der Waals surface area (Å²) in [4.78, 5) is 21.1. The van der Waals surface area contributed by atoms with E-state index in [0.29, 0.717) is 5.89 Å². The zero-order valence-electron chi connectivity index (χ0n) is 15.5. The Morgan fingerprint density at radius 1 is 1.07 bits per heavy atom. The largest absolute Gasteiger partial charge is 0.437 e. The molecule has 0 spiro atoms. The van der Waals surface area contributed by atoms with E-state index in [1.54, 1.807) is 12.2 Å². The van der Waals surface area contributed by atoms with Crippen LogP contribution < -0.4 is 0 Å². The Kier molecular flexibility index (Phi) is 5.03. The van der Waals surface area contributed by atoms with E-state index in [-0.39, 0.29) is 5.91 Å². The van der Waals surface area contributed by atoms with Crippen LogP contribution in [0.5, 0.6) is 0 Å². The van der Waals surface area contributed by atoms with Crippen LogP contribution in [0.2, 0.25) is 0 Å². The van der Waals surface area contributed by atoms with Gasteiger partial charge < -0.3 is 9.32 Å². The molecule has 0 aliphatic carbocycles. The van der Waals surface area contributed by atoms with Crippen molar-refractivity contribution in [1.82, 2.24) is 14.8 Å². The summed E-state index contributed by atoms with van der Waals surface area (Å²) < 4.78 is 5.62. The number of carbonyl (C=O) groups excluding carboxylic acids is 1. The van der Waals surface area contributed by atoms with Gasteiger partial charge in [-0.05, 0) is 30.2 Å². The maximum atomic E-state index is 12.5. The van der Waals surface area contributed by atoms with Crippen LogP contribution in [0, 0.1) is 6.92 Å². The van der Waals surface area contributed by atoms with Gasteiger partial charge >= 0.3 is 0 Å². The molecule has 5 heteroatoms. The number of aromatic nitrogens is 1. The standard InChI is InChI=1S/C22H23N3O2/c1-17-6-2-3-7-18(17)16-24-12-14-25(15-13-24)22(26)11-10-21-23-19-8-4-5-9-20(19)27-21/h2-11H,12-16H2,1H3/b11-10+. The van der Waals surface area contributed by atoms with Crippen LogP contribution in [0.4, 0.5) is 0 Å². The number of fused-ring (bicyclic) bond motifs is 1. The van der Waals surface area contributed by atoms with Crippen molar-refractivity contribution in [2.24, 2.45) is 0 Å². The zero-order chi connectivity index (χ0) is 18.6. The molecular weight excluding hydrogens is 338 g/mol. The molecule has 138 valence electrons. The van der Waals surface area contributed by atoms with Gasteiger partial charge in [0.25, 0.3) is 0 Å². The number of piperazine rings is 1. The highest BCUT2D eigenvalue weighted by Crippen LogP contribution is 2.16. The number of aryl methyl sites for hydroxylation is 1. The van der Waals surface area contributed by atoms with Crippen LogP contribution in [0.15, 0.2) is 59.0 Å². The molecule has 3 aromatic rings. The Morgan fingerprint density at radius 2 is 1.81 bits per heavy atom. The zero-order valence-corrected chi connectivity index (χ0v) is 15.5. The van der Waals surface area contributed by atoms with Crippen molar-refractivity contribution in [2.75, 3.05) is 26.2 Å². The number of nitrogens with zero attached hydrogens (tertiary/aromatic N) is 3. The molecule has 0 radical (unpaired) electrons. The summed E-state index contributed by atoms with van der Waals surface area (Å²) in [5.74, 6) is 0.468. The van der Waals surface area contributed by atoms with Crippen LogP contribution in [0.1, 0.15) is 17.0 Å². The second-order valence-corrected chi connectivity index (χ2v) is 6.88. The lowest BCUT2D eigenvalue weighted by atomic mass is 10.1. The summed E-state index contributed by atoms with van der Waals surface area (Å²) >= 11 is 0. The summed E-state index contributed by atoms with van der Waals surface area (Å²) in [5.41, 5.74) is 4.20. The third-order valence-electron chi connectivity index (χ3n) is 5.02. The summed E-state index contributed by atoms with van der Waals surface area (Å²) in [6.45, 7) is 6.33. The van der Waals surface area contributed by atoms with Crippen LogP contribution in [-0.2, 0) is 11.3 Å². The predicted octanol–water partition coefficient (Wildman–Crippen LogP) is 3.49. The number of amides is 1. The van der Waals surface area contributed by atoms with Crippen molar-refractivity contribution in [3.8, 4) is 0 Å². The molecule has 0 N–H and O–H groups in total. The molecule has 1 aliphatic rings. The van der Waals surface area contributed by atoms with Gasteiger partial charge in [-0.3, -0.25) is 9.69 Å². The summed E-state index contributed by atoms with van der Waals surface area (Å²) in [7, 11) is 0. The molecule has 1 fully saturated rings. The van der Waals surface area contributed by atoms with E-state index in [1.165, 1.54) is 11.1 Å². The smallest absolute Gasteiger partial charge is 0.246 e. The Labute approximate surface area is 158 Å². The van der Waals surface area contributed by atoms with Crippen molar-refractivity contribution in [1.29, 1.82) is 0 Å². The molecule has 0 saturated carbocycles. The highest BCUT2D eigenvalue weighted by atomic mass is 16.3. The minimum absolute atomic E-state index is 0.00722. The van der Waals surface area contributed by atoms with Crippen molar-refractivity contribution >= 4 is 23.1 Å². The molecule has 0 atom stereocenters. The molecule has 1 amide bonds. The van der Waals surface area contributed by atoms with Crippen LogP contribution in [-0.4, -0.2) is 46.9 Å². The van der Waals surface area contributed by atoms with E-state index in [1.807, 2.05) is 29.2 Å². The monoisotopic (exact) mass is 361 g/mol. The lowest BCUT2D eigenvalue weighted by Crippen LogP contribution is -2.47. The molecule has 4 rings (SSSR count). The lowest BCUT2D eigenvalue weighted by molar-refractivity contribution is -0.127. The Bertz CT molecular complexity index is 935. The Balaban J connectivity index is 1.32. The summed E-state index contributed by atoms with van der Waals surface area (Å²) in [6, 6.07) is 16.1. The number of hydrogen-bond acceptors (Lipinski definition) is 4. The first-order chi connectivity index (χ1) is 13.2. The van der Waals surface area contributed by atoms with E-state index in [4.69, 9.17) is 4.42 Å². The molecule has 1 aromatic heterocycles. The fraction of sp³-hybridized carbons (Fsp3) is 0.273.